The van der Waals surface area contributed by atoms with Crippen LogP contribution in [0.1, 0.15) is 25.0 Å². The van der Waals surface area contributed by atoms with Crippen molar-refractivity contribution in [2.24, 2.45) is 5.73 Å². The minimum atomic E-state index is 0.283. The molecule has 0 aliphatic carbocycles. The second kappa shape index (κ2) is 6.68. The van der Waals surface area contributed by atoms with E-state index in [9.17, 15) is 0 Å². The van der Waals surface area contributed by atoms with Gasteiger partial charge in [0.25, 0.3) is 0 Å². The Labute approximate surface area is 98.5 Å². The van der Waals surface area contributed by atoms with Gasteiger partial charge in [-0.1, -0.05) is 38.0 Å². The summed E-state index contributed by atoms with van der Waals surface area (Å²) in [6, 6.07) is 8.50. The fraction of sp³-hybridized carbons (Fsp3) is 0.500. The van der Waals surface area contributed by atoms with E-state index in [1.54, 1.807) is 7.05 Å². The molecule has 1 aromatic rings. The van der Waals surface area contributed by atoms with E-state index in [4.69, 9.17) is 10.4 Å². The fourth-order valence-electron chi connectivity index (χ4n) is 1.88. The van der Waals surface area contributed by atoms with E-state index in [0.29, 0.717) is 12.8 Å². The molecule has 0 spiro atoms. The Hall–Kier alpha value is -0.835. The molecule has 0 amide bonds. The Bertz CT molecular complexity index is 318. The highest BCUT2D eigenvalue weighted by Gasteiger charge is 2.29. The van der Waals surface area contributed by atoms with Crippen molar-refractivity contribution in [2.45, 2.75) is 26.3 Å². The van der Waals surface area contributed by atoms with Crippen molar-refractivity contribution >= 4 is 12.4 Å². The Balaban J connectivity index is 0.000000280. The molecule has 1 atom stereocenters. The average Bonchev–Trinajstić information content (AvgIpc) is 2.67. The van der Waals surface area contributed by atoms with Gasteiger partial charge in [0.05, 0.1) is 6.10 Å². The van der Waals surface area contributed by atoms with Gasteiger partial charge in [0.15, 0.2) is 0 Å². The van der Waals surface area contributed by atoms with Gasteiger partial charge in [-0.3, -0.25) is 0 Å². The molecule has 3 nitrogen and oxygen atoms in total. The van der Waals surface area contributed by atoms with Gasteiger partial charge in [0.2, 0.25) is 0 Å². The highest BCUT2D eigenvalue weighted by Crippen LogP contribution is 2.26. The van der Waals surface area contributed by atoms with E-state index in [1.165, 1.54) is 11.0 Å². The second-order valence-electron chi connectivity index (χ2n) is 3.86. The summed E-state index contributed by atoms with van der Waals surface area (Å²) in [4.78, 5) is 0. The summed E-state index contributed by atoms with van der Waals surface area (Å²) in [6.45, 7) is 5.14. The SMILES string of the molecule is CCC1OB(C)c2ccccc21.CNCN. The Morgan fingerprint density at radius 1 is 1.44 bits per heavy atom. The molecule has 4 heteroatoms. The molecule has 0 saturated carbocycles. The van der Waals surface area contributed by atoms with Gasteiger partial charge in [0.1, 0.15) is 0 Å². The van der Waals surface area contributed by atoms with Crippen LogP contribution >= 0.6 is 0 Å². The lowest BCUT2D eigenvalue weighted by atomic mass is 9.64. The molecule has 88 valence electrons. The molecule has 2 rings (SSSR count). The standard InChI is InChI=1S/C10H13BO.C2H8N2/c1-3-10-8-6-4-5-7-9(8)11(2)12-10;1-4-2-3/h4-7,10H,3H2,1-2H3;4H,2-3H2,1H3. The van der Waals surface area contributed by atoms with E-state index in [0.717, 1.165) is 6.42 Å². The molecule has 1 aromatic carbocycles. The zero-order valence-electron chi connectivity index (χ0n) is 10.4. The van der Waals surface area contributed by atoms with Crippen LogP contribution in [0, 0.1) is 0 Å². The van der Waals surface area contributed by atoms with Crippen LogP contribution in [-0.2, 0) is 4.65 Å². The Kier molecular flexibility index (Phi) is 5.53. The predicted octanol–water partition coefficient (Wildman–Crippen LogP) is 1.12. The second-order valence-corrected chi connectivity index (χ2v) is 3.86. The first-order valence-corrected chi connectivity index (χ1v) is 5.83. The summed E-state index contributed by atoms with van der Waals surface area (Å²) in [5.41, 5.74) is 7.66. The quantitative estimate of drug-likeness (QED) is 0.580. The largest absolute Gasteiger partial charge is 0.424 e. The van der Waals surface area contributed by atoms with Crippen LogP contribution in [0.5, 0.6) is 0 Å². The maximum Gasteiger partial charge on any atom is 0.324 e. The van der Waals surface area contributed by atoms with Crippen molar-refractivity contribution in [2.75, 3.05) is 13.7 Å². The molecule has 1 unspecified atom stereocenters. The van der Waals surface area contributed by atoms with E-state index < -0.39 is 0 Å². The third-order valence-corrected chi connectivity index (χ3v) is 2.72. The van der Waals surface area contributed by atoms with Gasteiger partial charge in [0, 0.05) is 6.67 Å². The van der Waals surface area contributed by atoms with Gasteiger partial charge in [-0.2, -0.15) is 0 Å². The molecule has 1 aliphatic heterocycles. The first-order chi connectivity index (χ1) is 7.74. The maximum atomic E-state index is 5.78. The summed E-state index contributed by atoms with van der Waals surface area (Å²) >= 11 is 0. The number of fused-ring (bicyclic) bond motifs is 1. The minimum Gasteiger partial charge on any atom is -0.424 e. The summed E-state index contributed by atoms with van der Waals surface area (Å²) in [6.07, 6.45) is 1.40. The number of rotatable bonds is 2. The van der Waals surface area contributed by atoms with E-state index >= 15 is 0 Å². The van der Waals surface area contributed by atoms with Crippen LogP contribution in [0.3, 0.4) is 0 Å². The number of nitrogens with one attached hydrogen (secondary N) is 1. The summed E-state index contributed by atoms with van der Waals surface area (Å²) < 4.78 is 5.78. The molecular weight excluding hydrogens is 199 g/mol. The summed E-state index contributed by atoms with van der Waals surface area (Å²) in [5.74, 6) is 0. The van der Waals surface area contributed by atoms with E-state index in [2.05, 4.69) is 43.3 Å². The predicted molar refractivity (Wildman–Crippen MR) is 69.9 cm³/mol. The maximum absolute atomic E-state index is 5.78. The van der Waals surface area contributed by atoms with Crippen LogP contribution in [0.25, 0.3) is 0 Å². The molecule has 1 aliphatic rings. The van der Waals surface area contributed by atoms with Crippen molar-refractivity contribution in [3.05, 3.63) is 29.8 Å². The van der Waals surface area contributed by atoms with Crippen molar-refractivity contribution in [1.82, 2.24) is 5.32 Å². The number of hydrogen-bond acceptors (Lipinski definition) is 3. The zero-order valence-corrected chi connectivity index (χ0v) is 10.4. The van der Waals surface area contributed by atoms with Crippen molar-refractivity contribution in [3.8, 4) is 0 Å². The summed E-state index contributed by atoms with van der Waals surface area (Å²) in [5, 5.41) is 2.71. The highest BCUT2D eigenvalue weighted by molar-refractivity contribution is 6.67. The van der Waals surface area contributed by atoms with Crippen LogP contribution in [0.2, 0.25) is 6.82 Å². The lowest BCUT2D eigenvalue weighted by Gasteiger charge is -2.08. The fourth-order valence-corrected chi connectivity index (χ4v) is 1.88. The normalized spacial score (nSPS) is 17.8. The van der Waals surface area contributed by atoms with Gasteiger partial charge < -0.3 is 15.7 Å². The monoisotopic (exact) mass is 220 g/mol. The molecule has 0 radical (unpaired) electrons. The zero-order chi connectivity index (χ0) is 12.0. The Morgan fingerprint density at radius 2 is 2.06 bits per heavy atom. The summed E-state index contributed by atoms with van der Waals surface area (Å²) in [7, 11) is 1.81. The van der Waals surface area contributed by atoms with Gasteiger partial charge in [-0.15, -0.1) is 0 Å². The van der Waals surface area contributed by atoms with Crippen LogP contribution < -0.4 is 16.5 Å². The molecule has 0 aromatic heterocycles. The smallest absolute Gasteiger partial charge is 0.324 e. The van der Waals surface area contributed by atoms with Crippen LogP contribution in [0.4, 0.5) is 0 Å². The van der Waals surface area contributed by atoms with Crippen molar-refractivity contribution in [3.63, 3.8) is 0 Å². The highest BCUT2D eigenvalue weighted by atomic mass is 16.5. The van der Waals surface area contributed by atoms with Crippen molar-refractivity contribution in [1.29, 1.82) is 0 Å². The average molecular weight is 220 g/mol. The molecule has 16 heavy (non-hydrogen) atoms. The first kappa shape index (κ1) is 13.2. The number of hydrogen-bond donors (Lipinski definition) is 2. The third-order valence-electron chi connectivity index (χ3n) is 2.72. The first-order valence-electron chi connectivity index (χ1n) is 5.83. The molecule has 0 fully saturated rings. The molecule has 1 heterocycles. The lowest BCUT2D eigenvalue weighted by Crippen LogP contribution is -2.23. The molecule has 3 N–H and O–H groups in total. The number of benzene rings is 1. The number of nitrogens with two attached hydrogens (primary N) is 1. The van der Waals surface area contributed by atoms with Crippen LogP contribution in [0.15, 0.2) is 24.3 Å². The van der Waals surface area contributed by atoms with E-state index in [1.807, 2.05) is 0 Å². The van der Waals surface area contributed by atoms with Gasteiger partial charge in [-0.25, -0.2) is 0 Å². The van der Waals surface area contributed by atoms with Crippen LogP contribution in [-0.4, -0.2) is 20.6 Å². The van der Waals surface area contributed by atoms with Crippen molar-refractivity contribution < 1.29 is 4.65 Å². The van der Waals surface area contributed by atoms with E-state index in [-0.39, 0.29) is 6.92 Å². The topological polar surface area (TPSA) is 47.3 Å². The molecular formula is C12H21BN2O. The Morgan fingerprint density at radius 3 is 2.62 bits per heavy atom. The van der Waals surface area contributed by atoms with Gasteiger partial charge in [-0.05, 0) is 24.5 Å². The molecule has 0 saturated heterocycles. The lowest BCUT2D eigenvalue weighted by molar-refractivity contribution is 0.221. The van der Waals surface area contributed by atoms with Gasteiger partial charge >= 0.3 is 6.92 Å². The third kappa shape index (κ3) is 3.08. The molecule has 0 bridgehead atoms. The minimum absolute atomic E-state index is 0.283.